The van der Waals surface area contributed by atoms with Gasteiger partial charge in [-0.2, -0.15) is 26.3 Å². The molecule has 14 heteroatoms. The second-order valence-corrected chi connectivity index (χ2v) is 9.10. The number of alkyl halides is 6. The number of halogens is 6. The van der Waals surface area contributed by atoms with E-state index in [4.69, 9.17) is 0 Å². The summed E-state index contributed by atoms with van der Waals surface area (Å²) in [7, 11) is -6.80. The molecular weight excluding hydrogens is 470 g/mol. The number of carbonyl (C=O) groups excluding carboxylic acids is 3. The van der Waals surface area contributed by atoms with Gasteiger partial charge in [-0.15, -0.1) is 0 Å². The Bertz CT molecular complexity index is 595. The van der Waals surface area contributed by atoms with Gasteiger partial charge in [0.05, 0.1) is 6.61 Å². The van der Waals surface area contributed by atoms with Crippen LogP contribution in [-0.4, -0.2) is 50.9 Å². The fourth-order valence-corrected chi connectivity index (χ4v) is 4.41. The summed E-state index contributed by atoms with van der Waals surface area (Å²) in [5.74, 6) is -11.2. The van der Waals surface area contributed by atoms with Crippen molar-refractivity contribution >= 4 is 26.7 Å². The van der Waals surface area contributed by atoms with Gasteiger partial charge in [-0.3, -0.25) is 14.4 Å². The van der Waals surface area contributed by atoms with Gasteiger partial charge in [-0.05, 0) is 25.7 Å². The molecule has 32 heavy (non-hydrogen) atoms. The van der Waals surface area contributed by atoms with Gasteiger partial charge in [0.1, 0.15) is 0 Å². The topological polar surface area (TPSA) is 88.1 Å². The average molecular weight is 498 g/mol. The molecule has 188 valence electrons. The number of ether oxygens (including phenoxy) is 1. The lowest BCUT2D eigenvalue weighted by atomic mass is 10.3. The molecule has 7 nitrogen and oxygen atoms in total. The predicted octanol–water partition coefficient (Wildman–Crippen LogP) is 4.78. The van der Waals surface area contributed by atoms with E-state index in [2.05, 4.69) is 18.0 Å². The molecule has 0 bridgehead atoms. The number of rotatable bonds is 15. The number of hydrogen-bond donors (Lipinski definition) is 0. The minimum absolute atomic E-state index is 0.0210. The first-order valence-corrected chi connectivity index (χ1v) is 11.8. The van der Waals surface area contributed by atoms with Crippen LogP contribution in [0.25, 0.3) is 0 Å². The fourth-order valence-electron chi connectivity index (χ4n) is 2.17. The van der Waals surface area contributed by atoms with Crippen LogP contribution in [0.2, 0.25) is 0 Å². The van der Waals surface area contributed by atoms with E-state index < -0.39 is 70.2 Å². The first-order chi connectivity index (χ1) is 14.7. The maximum atomic E-state index is 15.2. The highest BCUT2D eigenvalue weighted by Crippen LogP contribution is 2.51. The molecule has 0 rings (SSSR count). The van der Waals surface area contributed by atoms with Crippen molar-refractivity contribution in [3.05, 3.63) is 0 Å². The molecule has 0 aliphatic rings. The third-order valence-electron chi connectivity index (χ3n) is 3.74. The Labute approximate surface area is 183 Å². The Morgan fingerprint density at radius 1 is 0.656 bits per heavy atom. The molecule has 0 spiro atoms. The summed E-state index contributed by atoms with van der Waals surface area (Å²) in [6.45, 7) is 4.44. The van der Waals surface area contributed by atoms with Crippen LogP contribution >= 0.6 is 0 Å². The van der Waals surface area contributed by atoms with E-state index in [9.17, 15) is 31.9 Å². The van der Waals surface area contributed by atoms with Gasteiger partial charge < -0.3 is 18.0 Å². The van der Waals surface area contributed by atoms with Crippen molar-refractivity contribution in [2.75, 3.05) is 6.61 Å². The maximum Gasteiger partial charge on any atom is 0.786 e. The van der Waals surface area contributed by atoms with Crippen LogP contribution in [0.15, 0.2) is 0 Å². The molecule has 0 aromatic carbocycles. The maximum absolute atomic E-state index is 15.2. The van der Waals surface area contributed by atoms with Gasteiger partial charge in [-0.1, -0.05) is 27.7 Å². The lowest BCUT2D eigenvalue weighted by molar-refractivity contribution is -0.389. The van der Waals surface area contributed by atoms with Crippen LogP contribution in [0.3, 0.4) is 0 Å². The van der Waals surface area contributed by atoms with Crippen molar-refractivity contribution in [2.45, 2.75) is 90.2 Å². The number of carbonyl (C=O) groups is 3. The van der Waals surface area contributed by atoms with Crippen LogP contribution in [0.4, 0.5) is 26.3 Å². The van der Waals surface area contributed by atoms with E-state index >= 15 is 8.78 Å². The fraction of sp³-hybridized carbons (Fsp3) is 0.833. The molecule has 0 amide bonds. The van der Waals surface area contributed by atoms with Crippen LogP contribution < -0.4 is 0 Å². The van der Waals surface area contributed by atoms with Gasteiger partial charge in [0.2, 0.25) is 0 Å². The van der Waals surface area contributed by atoms with E-state index in [0.717, 1.165) is 0 Å². The first-order valence-electron chi connectivity index (χ1n) is 10.1. The Morgan fingerprint density at radius 3 is 1.28 bits per heavy atom. The van der Waals surface area contributed by atoms with Gasteiger partial charge in [-0.25, -0.2) is 0 Å². The Hall–Kier alpha value is -1.83. The minimum Gasteiger partial charge on any atom is -0.452 e. The van der Waals surface area contributed by atoms with Crippen molar-refractivity contribution < 1.29 is 58.7 Å². The van der Waals surface area contributed by atoms with Crippen molar-refractivity contribution in [1.29, 1.82) is 0 Å². The Kier molecular flexibility index (Phi) is 11.7. The molecule has 0 N–H and O–H groups in total. The normalized spacial score (nSPS) is 12.9. The standard InChI is InChI=1S/C18H28F6O7Si/c1-5-9-13(25)29-32(30-14(26)10-6-2,31-15(27)11-7-3)18(23,24)16(19,20)17(21,22)28-12-8-4/h5-12H2,1-4H3. The second-order valence-electron chi connectivity index (χ2n) is 6.74. The predicted molar refractivity (Wildman–Crippen MR) is 99.8 cm³/mol. The zero-order valence-corrected chi connectivity index (χ0v) is 19.3. The summed E-state index contributed by atoms with van der Waals surface area (Å²) in [4.78, 5) is 35.9. The summed E-state index contributed by atoms with van der Waals surface area (Å²) >= 11 is 0. The highest BCUT2D eigenvalue weighted by molar-refractivity contribution is 6.68. The van der Waals surface area contributed by atoms with Crippen LogP contribution in [0.1, 0.15) is 72.6 Å². The highest BCUT2D eigenvalue weighted by Gasteiger charge is 2.90. The molecule has 0 heterocycles. The molecule has 0 radical (unpaired) electrons. The van der Waals surface area contributed by atoms with Crippen molar-refractivity contribution in [3.8, 4) is 0 Å². The average Bonchev–Trinajstić information content (AvgIpc) is 2.66. The van der Waals surface area contributed by atoms with E-state index in [0.29, 0.717) is 0 Å². The molecule has 0 fully saturated rings. The van der Waals surface area contributed by atoms with Crippen LogP contribution in [-0.2, 0) is 32.4 Å². The molecule has 0 aliphatic heterocycles. The van der Waals surface area contributed by atoms with Gasteiger partial charge in [0, 0.05) is 19.3 Å². The third-order valence-corrected chi connectivity index (χ3v) is 6.31. The lowest BCUT2D eigenvalue weighted by Gasteiger charge is -2.38. The van der Waals surface area contributed by atoms with Gasteiger partial charge in [0.15, 0.2) is 0 Å². The monoisotopic (exact) mass is 498 g/mol. The van der Waals surface area contributed by atoms with Gasteiger partial charge >= 0.3 is 26.4 Å². The van der Waals surface area contributed by atoms with Gasteiger partial charge in [0.25, 0.3) is 17.9 Å². The Balaban J connectivity index is 6.72. The molecule has 0 atom stereocenters. The summed E-state index contributed by atoms with van der Waals surface area (Å²) < 4.78 is 104. The zero-order chi connectivity index (χ0) is 25.2. The quantitative estimate of drug-likeness (QED) is 0.237. The molecule has 0 aliphatic carbocycles. The van der Waals surface area contributed by atoms with Crippen molar-refractivity contribution in [1.82, 2.24) is 0 Å². The summed E-state index contributed by atoms with van der Waals surface area (Å²) in [5, 5.41) is 0. The zero-order valence-electron chi connectivity index (χ0n) is 18.3. The van der Waals surface area contributed by atoms with E-state index in [-0.39, 0.29) is 25.7 Å². The summed E-state index contributed by atoms with van der Waals surface area (Å²) in [6, 6.07) is 0. The molecule has 0 saturated heterocycles. The molecular formula is C18H28F6O7Si. The lowest BCUT2D eigenvalue weighted by Crippen LogP contribution is -2.73. The van der Waals surface area contributed by atoms with Crippen LogP contribution in [0, 0.1) is 0 Å². The first kappa shape index (κ1) is 30.2. The molecule has 0 aromatic rings. The third kappa shape index (κ3) is 7.09. The van der Waals surface area contributed by atoms with Crippen molar-refractivity contribution in [2.24, 2.45) is 0 Å². The second kappa shape index (κ2) is 12.4. The summed E-state index contributed by atoms with van der Waals surface area (Å²) in [6.07, 6.45) is -7.95. The SMILES string of the molecule is CCCOC(F)(F)C(F)(F)C(F)(F)[Si](OC(=O)CCC)(OC(=O)CCC)OC(=O)CCC. The largest absolute Gasteiger partial charge is 0.786 e. The number of hydrogen-bond acceptors (Lipinski definition) is 7. The van der Waals surface area contributed by atoms with E-state index in [1.807, 2.05) is 0 Å². The molecule has 0 aromatic heterocycles. The van der Waals surface area contributed by atoms with E-state index in [1.54, 1.807) is 0 Å². The molecule has 0 saturated carbocycles. The summed E-state index contributed by atoms with van der Waals surface area (Å²) in [5.41, 5.74) is -6.12. The van der Waals surface area contributed by atoms with Crippen molar-refractivity contribution in [3.63, 3.8) is 0 Å². The highest BCUT2D eigenvalue weighted by atomic mass is 28.4. The molecule has 0 unspecified atom stereocenters. The Morgan fingerprint density at radius 2 is 1.00 bits per heavy atom. The minimum atomic E-state index is -6.80. The smallest absolute Gasteiger partial charge is 0.452 e. The van der Waals surface area contributed by atoms with E-state index in [1.165, 1.54) is 27.7 Å². The van der Waals surface area contributed by atoms with Crippen LogP contribution in [0.5, 0.6) is 0 Å².